The lowest BCUT2D eigenvalue weighted by Crippen LogP contribution is -2.35. The molecule has 2 N–H and O–H groups in total. The van der Waals surface area contributed by atoms with Crippen molar-refractivity contribution in [1.82, 2.24) is 9.62 Å². The lowest BCUT2D eigenvalue weighted by Gasteiger charge is -2.25. The van der Waals surface area contributed by atoms with Crippen LogP contribution in [0.2, 0.25) is 5.02 Å². The van der Waals surface area contributed by atoms with E-state index < -0.39 is 15.9 Å². The number of nitrogens with one attached hydrogen (secondary N) is 2. The third-order valence-corrected chi connectivity index (χ3v) is 7.08. The highest BCUT2D eigenvalue weighted by Gasteiger charge is 2.25. The second-order valence-corrected chi connectivity index (χ2v) is 9.54. The molecule has 0 unspecified atom stereocenters. The van der Waals surface area contributed by atoms with Crippen molar-refractivity contribution >= 4 is 56.6 Å². The maximum Gasteiger partial charge on any atom is 0.250 e. The number of sulfonamides is 1. The van der Waals surface area contributed by atoms with Crippen molar-refractivity contribution < 1.29 is 13.2 Å². The number of piperidine rings is 1. The molecule has 1 amide bonds. The maximum absolute atomic E-state index is 12.7. The van der Waals surface area contributed by atoms with Gasteiger partial charge in [-0.2, -0.15) is 4.31 Å². The van der Waals surface area contributed by atoms with Crippen LogP contribution >= 0.6 is 23.8 Å². The molecule has 3 rings (SSSR count). The molecular weight excluding hydrogens is 442 g/mol. The summed E-state index contributed by atoms with van der Waals surface area (Å²) in [6.07, 6.45) is 5.77. The van der Waals surface area contributed by atoms with Crippen molar-refractivity contribution in [1.29, 1.82) is 0 Å². The van der Waals surface area contributed by atoms with E-state index >= 15 is 0 Å². The summed E-state index contributed by atoms with van der Waals surface area (Å²) in [6.45, 7) is 1.11. The van der Waals surface area contributed by atoms with E-state index in [9.17, 15) is 13.2 Å². The average Bonchev–Trinajstić information content (AvgIpc) is 2.74. The summed E-state index contributed by atoms with van der Waals surface area (Å²) in [5, 5.41) is 6.06. The van der Waals surface area contributed by atoms with E-state index in [-0.39, 0.29) is 10.0 Å². The van der Waals surface area contributed by atoms with Crippen molar-refractivity contribution in [3.8, 4) is 0 Å². The fourth-order valence-corrected chi connectivity index (χ4v) is 4.99. The topological polar surface area (TPSA) is 78.5 Å². The van der Waals surface area contributed by atoms with E-state index in [1.807, 2.05) is 12.1 Å². The Bertz CT molecular complexity index is 1050. The molecule has 6 nitrogen and oxygen atoms in total. The second kappa shape index (κ2) is 10.2. The van der Waals surface area contributed by atoms with Crippen molar-refractivity contribution in [3.05, 3.63) is 65.2 Å². The number of thiocarbonyl (C=S) groups is 1. The van der Waals surface area contributed by atoms with Gasteiger partial charge in [-0.05, 0) is 67.0 Å². The molecule has 1 fully saturated rings. The van der Waals surface area contributed by atoms with Crippen LogP contribution in [0.5, 0.6) is 0 Å². The van der Waals surface area contributed by atoms with E-state index in [4.69, 9.17) is 23.8 Å². The van der Waals surface area contributed by atoms with E-state index in [0.29, 0.717) is 23.8 Å². The molecule has 158 valence electrons. The molecule has 1 aliphatic heterocycles. The van der Waals surface area contributed by atoms with Gasteiger partial charge in [0.2, 0.25) is 15.9 Å². The number of amides is 1. The number of anilines is 1. The van der Waals surface area contributed by atoms with E-state index in [1.165, 1.54) is 22.5 Å². The smallest absolute Gasteiger partial charge is 0.250 e. The van der Waals surface area contributed by atoms with Gasteiger partial charge in [-0.15, -0.1) is 0 Å². The zero-order valence-electron chi connectivity index (χ0n) is 16.2. The third kappa shape index (κ3) is 5.89. The Morgan fingerprint density at radius 3 is 2.37 bits per heavy atom. The molecule has 0 aromatic heterocycles. The molecule has 9 heteroatoms. The van der Waals surface area contributed by atoms with Gasteiger partial charge in [0.05, 0.1) is 4.90 Å². The van der Waals surface area contributed by atoms with Crippen LogP contribution in [0, 0.1) is 0 Å². The molecule has 0 saturated carbocycles. The minimum absolute atomic E-state index is 0.107. The maximum atomic E-state index is 12.7. The average molecular weight is 464 g/mol. The molecule has 2 aromatic carbocycles. The number of hydrogen-bond donors (Lipinski definition) is 2. The number of halogens is 1. The summed E-state index contributed by atoms with van der Waals surface area (Å²) in [7, 11) is -3.48. The van der Waals surface area contributed by atoms with Crippen molar-refractivity contribution in [2.24, 2.45) is 0 Å². The Morgan fingerprint density at radius 2 is 1.70 bits per heavy atom. The van der Waals surface area contributed by atoms with Crippen LogP contribution in [0.25, 0.3) is 6.08 Å². The quantitative estimate of drug-likeness (QED) is 0.516. The van der Waals surface area contributed by atoms with Gasteiger partial charge in [0.1, 0.15) is 0 Å². The summed E-state index contributed by atoms with van der Waals surface area (Å²) in [5.74, 6) is -0.406. The SMILES string of the molecule is O=C(/C=C/c1ccccc1Cl)NC(=S)Nc1ccc(S(=O)(=O)N2CCCCC2)cc1. The zero-order valence-corrected chi connectivity index (χ0v) is 18.6. The molecule has 0 radical (unpaired) electrons. The predicted octanol–water partition coefficient (Wildman–Crippen LogP) is 4.04. The lowest BCUT2D eigenvalue weighted by atomic mass is 10.2. The van der Waals surface area contributed by atoms with Gasteiger partial charge in [0.25, 0.3) is 0 Å². The number of carbonyl (C=O) groups is 1. The fraction of sp³-hybridized carbons (Fsp3) is 0.238. The monoisotopic (exact) mass is 463 g/mol. The van der Waals surface area contributed by atoms with Gasteiger partial charge in [0, 0.05) is 29.9 Å². The van der Waals surface area contributed by atoms with Gasteiger partial charge >= 0.3 is 0 Å². The number of nitrogens with zero attached hydrogens (tertiary/aromatic N) is 1. The third-order valence-electron chi connectivity index (χ3n) is 4.62. The standard InChI is InChI=1S/C21H22ClN3O3S2/c22-19-7-3-2-6-16(19)8-13-20(26)24-21(29)23-17-9-11-18(12-10-17)30(27,28)25-14-4-1-5-15-25/h2-3,6-13H,1,4-5,14-15H2,(H2,23,24,26,29)/b13-8+. The van der Waals surface area contributed by atoms with Gasteiger partial charge in [-0.3, -0.25) is 10.1 Å². The lowest BCUT2D eigenvalue weighted by molar-refractivity contribution is -0.115. The highest BCUT2D eigenvalue weighted by atomic mass is 35.5. The number of carbonyl (C=O) groups excluding carboxylic acids is 1. The van der Waals surface area contributed by atoms with Gasteiger partial charge in [-0.1, -0.05) is 36.2 Å². The molecule has 1 saturated heterocycles. The van der Waals surface area contributed by atoms with Gasteiger partial charge < -0.3 is 5.32 Å². The van der Waals surface area contributed by atoms with Crippen LogP contribution < -0.4 is 10.6 Å². The van der Waals surface area contributed by atoms with Crippen molar-refractivity contribution in [2.75, 3.05) is 18.4 Å². The Hall–Kier alpha value is -2.26. The number of rotatable bonds is 5. The van der Waals surface area contributed by atoms with Crippen molar-refractivity contribution in [2.45, 2.75) is 24.2 Å². The highest BCUT2D eigenvalue weighted by molar-refractivity contribution is 7.89. The first-order valence-electron chi connectivity index (χ1n) is 9.51. The van der Waals surface area contributed by atoms with Crippen LogP contribution in [0.4, 0.5) is 5.69 Å². The van der Waals surface area contributed by atoms with E-state index in [0.717, 1.165) is 24.8 Å². The first-order chi connectivity index (χ1) is 14.4. The largest absolute Gasteiger partial charge is 0.332 e. The Labute approximate surface area is 187 Å². The summed E-state index contributed by atoms with van der Waals surface area (Å²) < 4.78 is 26.9. The molecule has 0 bridgehead atoms. The second-order valence-electron chi connectivity index (χ2n) is 6.79. The molecule has 30 heavy (non-hydrogen) atoms. The minimum Gasteiger partial charge on any atom is -0.332 e. The summed E-state index contributed by atoms with van der Waals surface area (Å²) in [6, 6.07) is 13.5. The summed E-state index contributed by atoms with van der Waals surface area (Å²) in [4.78, 5) is 12.3. The van der Waals surface area contributed by atoms with Crippen LogP contribution in [0.3, 0.4) is 0 Å². The molecule has 0 spiro atoms. The minimum atomic E-state index is -3.48. The molecule has 0 atom stereocenters. The number of hydrogen-bond acceptors (Lipinski definition) is 4. The molecular formula is C21H22ClN3O3S2. The van der Waals surface area contributed by atoms with Gasteiger partial charge in [-0.25, -0.2) is 8.42 Å². The Morgan fingerprint density at radius 1 is 1.03 bits per heavy atom. The first kappa shape index (κ1) is 22.4. The Balaban J connectivity index is 1.56. The van der Waals surface area contributed by atoms with Gasteiger partial charge in [0.15, 0.2) is 5.11 Å². The van der Waals surface area contributed by atoms with Crippen LogP contribution in [-0.2, 0) is 14.8 Å². The Kier molecular flexibility index (Phi) is 7.60. The summed E-state index contributed by atoms with van der Waals surface area (Å²) in [5.41, 5.74) is 1.30. The fourth-order valence-electron chi connectivity index (χ4n) is 3.06. The summed E-state index contributed by atoms with van der Waals surface area (Å²) >= 11 is 11.2. The van der Waals surface area contributed by atoms with Crippen LogP contribution in [0.15, 0.2) is 59.5 Å². The molecule has 1 heterocycles. The number of benzene rings is 2. The van der Waals surface area contributed by atoms with Crippen LogP contribution in [-0.4, -0.2) is 36.8 Å². The van der Waals surface area contributed by atoms with Crippen molar-refractivity contribution in [3.63, 3.8) is 0 Å². The normalized spacial score (nSPS) is 15.1. The van der Waals surface area contributed by atoms with E-state index in [2.05, 4.69) is 10.6 Å². The predicted molar refractivity (Wildman–Crippen MR) is 124 cm³/mol. The van der Waals surface area contributed by atoms with Crippen LogP contribution in [0.1, 0.15) is 24.8 Å². The molecule has 2 aromatic rings. The zero-order chi connectivity index (χ0) is 21.6. The highest BCUT2D eigenvalue weighted by Crippen LogP contribution is 2.22. The molecule has 0 aliphatic carbocycles. The van der Waals surface area contributed by atoms with E-state index in [1.54, 1.807) is 30.3 Å². The first-order valence-corrected chi connectivity index (χ1v) is 11.7. The molecule has 1 aliphatic rings.